The fraction of sp³-hybridized carbons (Fsp3) is 0.455. The predicted octanol–water partition coefficient (Wildman–Crippen LogP) is 2.39. The van der Waals surface area contributed by atoms with Crippen molar-refractivity contribution in [2.24, 2.45) is 0 Å². The largest absolute Gasteiger partial charge is 0.392 e. The molecule has 72 valence electrons. The van der Waals surface area contributed by atoms with Crippen molar-refractivity contribution in [3.8, 4) is 0 Å². The van der Waals surface area contributed by atoms with E-state index in [-0.39, 0.29) is 6.61 Å². The highest BCUT2D eigenvalue weighted by Crippen LogP contribution is 2.16. The Kier molecular flexibility index (Phi) is 3.77. The zero-order chi connectivity index (χ0) is 9.68. The van der Waals surface area contributed by atoms with Gasteiger partial charge in [-0.1, -0.05) is 25.1 Å². The molecule has 0 aliphatic rings. The van der Waals surface area contributed by atoms with Crippen LogP contribution in [0, 0.1) is 0 Å². The minimum Gasteiger partial charge on any atom is -0.392 e. The Morgan fingerprint density at radius 3 is 2.69 bits per heavy atom. The molecule has 2 N–H and O–H groups in total. The molecule has 0 spiro atoms. The molecule has 1 rings (SSSR count). The van der Waals surface area contributed by atoms with Gasteiger partial charge in [0, 0.05) is 17.3 Å². The quantitative estimate of drug-likeness (QED) is 0.743. The topological polar surface area (TPSA) is 32.3 Å². The minimum absolute atomic E-state index is 0.0968. The molecule has 1 aromatic rings. The van der Waals surface area contributed by atoms with Gasteiger partial charge in [0.1, 0.15) is 0 Å². The molecule has 1 atom stereocenters. The number of para-hydroxylation sites is 1. The van der Waals surface area contributed by atoms with Crippen molar-refractivity contribution < 1.29 is 5.11 Å². The summed E-state index contributed by atoms with van der Waals surface area (Å²) in [4.78, 5) is 0. The highest BCUT2D eigenvalue weighted by atomic mass is 16.3. The molecular formula is C11H17NO. The SMILES string of the molecule is CC[C@H](C)Nc1ccccc1CO. The van der Waals surface area contributed by atoms with Gasteiger partial charge in [-0.25, -0.2) is 0 Å². The van der Waals surface area contributed by atoms with Gasteiger partial charge in [0.15, 0.2) is 0 Å². The zero-order valence-corrected chi connectivity index (χ0v) is 8.25. The molecular weight excluding hydrogens is 162 g/mol. The molecule has 0 aliphatic heterocycles. The molecule has 0 bridgehead atoms. The number of benzene rings is 1. The first-order valence-electron chi connectivity index (χ1n) is 4.73. The first kappa shape index (κ1) is 10.1. The van der Waals surface area contributed by atoms with Gasteiger partial charge < -0.3 is 10.4 Å². The molecule has 2 heteroatoms. The maximum absolute atomic E-state index is 9.06. The van der Waals surface area contributed by atoms with E-state index in [4.69, 9.17) is 5.11 Å². The van der Waals surface area contributed by atoms with Gasteiger partial charge >= 0.3 is 0 Å². The molecule has 0 fully saturated rings. The summed E-state index contributed by atoms with van der Waals surface area (Å²) < 4.78 is 0. The van der Waals surface area contributed by atoms with Crippen LogP contribution in [0.4, 0.5) is 5.69 Å². The molecule has 1 aromatic carbocycles. The summed E-state index contributed by atoms with van der Waals surface area (Å²) in [5, 5.41) is 12.4. The number of aliphatic hydroxyl groups is 1. The Hall–Kier alpha value is -1.02. The van der Waals surface area contributed by atoms with Gasteiger partial charge in [-0.3, -0.25) is 0 Å². The van der Waals surface area contributed by atoms with E-state index in [1.807, 2.05) is 24.3 Å². The van der Waals surface area contributed by atoms with E-state index in [1.54, 1.807) is 0 Å². The second-order valence-corrected chi connectivity index (χ2v) is 3.27. The Labute approximate surface area is 79.6 Å². The average molecular weight is 179 g/mol. The van der Waals surface area contributed by atoms with Crippen LogP contribution >= 0.6 is 0 Å². The monoisotopic (exact) mass is 179 g/mol. The first-order chi connectivity index (χ1) is 6.27. The average Bonchev–Trinajstić information content (AvgIpc) is 2.18. The van der Waals surface area contributed by atoms with Crippen LogP contribution in [-0.2, 0) is 6.61 Å². The number of rotatable bonds is 4. The summed E-state index contributed by atoms with van der Waals surface area (Å²) in [5.41, 5.74) is 2.00. The number of aliphatic hydroxyl groups excluding tert-OH is 1. The van der Waals surface area contributed by atoms with E-state index in [9.17, 15) is 0 Å². The molecule has 0 unspecified atom stereocenters. The maximum Gasteiger partial charge on any atom is 0.0701 e. The summed E-state index contributed by atoms with van der Waals surface area (Å²) >= 11 is 0. The van der Waals surface area contributed by atoms with E-state index < -0.39 is 0 Å². The van der Waals surface area contributed by atoms with E-state index in [1.165, 1.54) is 0 Å². The van der Waals surface area contributed by atoms with E-state index in [0.29, 0.717) is 6.04 Å². The van der Waals surface area contributed by atoms with Crippen LogP contribution < -0.4 is 5.32 Å². The molecule has 13 heavy (non-hydrogen) atoms. The summed E-state index contributed by atoms with van der Waals surface area (Å²) in [5.74, 6) is 0. The Bertz CT molecular complexity index is 260. The second-order valence-electron chi connectivity index (χ2n) is 3.27. The van der Waals surface area contributed by atoms with E-state index in [2.05, 4.69) is 19.2 Å². The van der Waals surface area contributed by atoms with Crippen molar-refractivity contribution in [1.29, 1.82) is 0 Å². The smallest absolute Gasteiger partial charge is 0.0701 e. The van der Waals surface area contributed by atoms with Crippen LogP contribution in [0.25, 0.3) is 0 Å². The lowest BCUT2D eigenvalue weighted by molar-refractivity contribution is 0.282. The third-order valence-electron chi connectivity index (χ3n) is 2.20. The lowest BCUT2D eigenvalue weighted by Gasteiger charge is -2.15. The molecule has 0 radical (unpaired) electrons. The second kappa shape index (κ2) is 4.87. The van der Waals surface area contributed by atoms with E-state index >= 15 is 0 Å². The molecule has 0 aromatic heterocycles. The molecule has 0 heterocycles. The highest BCUT2D eigenvalue weighted by Gasteiger charge is 2.02. The minimum atomic E-state index is 0.0968. The Morgan fingerprint density at radius 1 is 1.38 bits per heavy atom. The fourth-order valence-electron chi connectivity index (χ4n) is 1.17. The van der Waals surface area contributed by atoms with Gasteiger partial charge in [-0.05, 0) is 19.4 Å². The molecule has 0 saturated carbocycles. The number of hydrogen-bond acceptors (Lipinski definition) is 2. The predicted molar refractivity (Wildman–Crippen MR) is 55.7 cm³/mol. The van der Waals surface area contributed by atoms with Gasteiger partial charge in [0.25, 0.3) is 0 Å². The lowest BCUT2D eigenvalue weighted by atomic mass is 10.1. The van der Waals surface area contributed by atoms with E-state index in [0.717, 1.165) is 17.7 Å². The van der Waals surface area contributed by atoms with Crippen molar-refractivity contribution in [2.45, 2.75) is 32.9 Å². The van der Waals surface area contributed by atoms with Crippen molar-refractivity contribution in [3.63, 3.8) is 0 Å². The molecule has 0 aliphatic carbocycles. The van der Waals surface area contributed by atoms with Gasteiger partial charge in [0.05, 0.1) is 6.61 Å². The van der Waals surface area contributed by atoms with Crippen LogP contribution in [-0.4, -0.2) is 11.1 Å². The van der Waals surface area contributed by atoms with Crippen molar-refractivity contribution in [3.05, 3.63) is 29.8 Å². The lowest BCUT2D eigenvalue weighted by Crippen LogP contribution is -2.14. The molecule has 2 nitrogen and oxygen atoms in total. The Morgan fingerprint density at radius 2 is 2.08 bits per heavy atom. The summed E-state index contributed by atoms with van der Waals surface area (Å²) in [6, 6.07) is 8.30. The standard InChI is InChI=1S/C11H17NO/c1-3-9(2)12-11-7-5-4-6-10(11)8-13/h4-7,9,12-13H,3,8H2,1-2H3/t9-/m0/s1. The Balaban J connectivity index is 2.74. The number of anilines is 1. The highest BCUT2D eigenvalue weighted by molar-refractivity contribution is 5.51. The zero-order valence-electron chi connectivity index (χ0n) is 8.25. The summed E-state index contributed by atoms with van der Waals surface area (Å²) in [6.45, 7) is 4.37. The summed E-state index contributed by atoms with van der Waals surface area (Å²) in [6.07, 6.45) is 1.08. The van der Waals surface area contributed by atoms with Crippen molar-refractivity contribution in [1.82, 2.24) is 0 Å². The number of nitrogens with one attached hydrogen (secondary N) is 1. The van der Waals surface area contributed by atoms with Crippen LogP contribution in [0.5, 0.6) is 0 Å². The van der Waals surface area contributed by atoms with Crippen molar-refractivity contribution in [2.75, 3.05) is 5.32 Å². The third-order valence-corrected chi connectivity index (χ3v) is 2.20. The maximum atomic E-state index is 9.06. The van der Waals surface area contributed by atoms with Gasteiger partial charge in [0.2, 0.25) is 0 Å². The van der Waals surface area contributed by atoms with Gasteiger partial charge in [-0.15, -0.1) is 0 Å². The normalized spacial score (nSPS) is 12.5. The molecule has 0 saturated heterocycles. The number of hydrogen-bond donors (Lipinski definition) is 2. The van der Waals surface area contributed by atoms with Crippen LogP contribution in [0.3, 0.4) is 0 Å². The first-order valence-corrected chi connectivity index (χ1v) is 4.73. The van der Waals surface area contributed by atoms with Crippen LogP contribution in [0.15, 0.2) is 24.3 Å². The third kappa shape index (κ3) is 2.74. The van der Waals surface area contributed by atoms with Crippen LogP contribution in [0.2, 0.25) is 0 Å². The molecule has 0 amide bonds. The van der Waals surface area contributed by atoms with Crippen molar-refractivity contribution >= 4 is 5.69 Å². The van der Waals surface area contributed by atoms with Gasteiger partial charge in [-0.2, -0.15) is 0 Å². The van der Waals surface area contributed by atoms with Crippen LogP contribution in [0.1, 0.15) is 25.8 Å². The fourth-order valence-corrected chi connectivity index (χ4v) is 1.17. The summed E-state index contributed by atoms with van der Waals surface area (Å²) in [7, 11) is 0.